The first-order chi connectivity index (χ1) is 16.3. The monoisotopic (exact) mass is 479 g/mol. The van der Waals surface area contributed by atoms with Crippen LogP contribution in [0.5, 0.6) is 0 Å². The van der Waals surface area contributed by atoms with Crippen LogP contribution in [0.15, 0.2) is 52.4 Å². The second-order valence-electron chi connectivity index (χ2n) is 9.42. The molecule has 1 N–H and O–H groups in total. The quantitative estimate of drug-likeness (QED) is 0.339. The van der Waals surface area contributed by atoms with Gasteiger partial charge in [0.2, 0.25) is 5.91 Å². The number of hydrogen-bond donors (Lipinski definition) is 1. The molecule has 1 saturated heterocycles. The van der Waals surface area contributed by atoms with E-state index in [2.05, 4.69) is 51.2 Å². The molecular formula is C27H33N3O3S. The van der Waals surface area contributed by atoms with Crippen molar-refractivity contribution in [3.63, 3.8) is 0 Å². The number of benzene rings is 2. The van der Waals surface area contributed by atoms with Crippen molar-refractivity contribution in [1.82, 2.24) is 9.55 Å². The molecule has 0 bridgehead atoms. The maximum absolute atomic E-state index is 13.3. The maximum atomic E-state index is 13.3. The summed E-state index contributed by atoms with van der Waals surface area (Å²) in [6.45, 7) is 9.70. The SMILES string of the molecule is CC(C)c1cccc(C(C)C)c1NC(=O)CSc1nc2ccccc2c(=O)n1CC1CCCO1. The van der Waals surface area contributed by atoms with Crippen molar-refractivity contribution in [3.05, 3.63) is 63.9 Å². The zero-order chi connectivity index (χ0) is 24.2. The van der Waals surface area contributed by atoms with Gasteiger partial charge in [0.15, 0.2) is 5.16 Å². The first-order valence-electron chi connectivity index (χ1n) is 12.0. The fraction of sp³-hybridized carbons (Fsp3) is 0.444. The summed E-state index contributed by atoms with van der Waals surface area (Å²) in [5, 5.41) is 4.29. The van der Waals surface area contributed by atoms with E-state index in [9.17, 15) is 9.59 Å². The van der Waals surface area contributed by atoms with Crippen molar-refractivity contribution in [3.8, 4) is 0 Å². The number of rotatable bonds is 8. The lowest BCUT2D eigenvalue weighted by Crippen LogP contribution is -2.29. The van der Waals surface area contributed by atoms with Crippen LogP contribution in [0.1, 0.15) is 63.5 Å². The van der Waals surface area contributed by atoms with Gasteiger partial charge in [0.1, 0.15) is 0 Å². The van der Waals surface area contributed by atoms with Crippen LogP contribution in [0.4, 0.5) is 5.69 Å². The largest absolute Gasteiger partial charge is 0.376 e. The van der Waals surface area contributed by atoms with E-state index in [4.69, 9.17) is 9.72 Å². The van der Waals surface area contributed by atoms with Gasteiger partial charge in [-0.15, -0.1) is 0 Å². The highest BCUT2D eigenvalue weighted by atomic mass is 32.2. The van der Waals surface area contributed by atoms with Gasteiger partial charge in [-0.25, -0.2) is 4.98 Å². The van der Waals surface area contributed by atoms with E-state index in [1.807, 2.05) is 18.2 Å². The summed E-state index contributed by atoms with van der Waals surface area (Å²) in [6.07, 6.45) is 1.92. The summed E-state index contributed by atoms with van der Waals surface area (Å²) in [4.78, 5) is 31.1. The molecule has 3 aromatic rings. The molecule has 0 radical (unpaired) electrons. The molecule has 0 aliphatic carbocycles. The van der Waals surface area contributed by atoms with Crippen molar-refractivity contribution < 1.29 is 9.53 Å². The number of ether oxygens (including phenoxy) is 1. The van der Waals surface area contributed by atoms with Crippen molar-refractivity contribution in [2.75, 3.05) is 17.7 Å². The molecular weight excluding hydrogens is 446 g/mol. The molecule has 4 rings (SSSR count). The molecule has 34 heavy (non-hydrogen) atoms. The number of nitrogens with zero attached hydrogens (tertiary/aromatic N) is 2. The Kier molecular flexibility index (Phi) is 7.73. The average Bonchev–Trinajstić information content (AvgIpc) is 3.33. The topological polar surface area (TPSA) is 73.2 Å². The number of thioether (sulfide) groups is 1. The minimum Gasteiger partial charge on any atom is -0.376 e. The molecule has 0 saturated carbocycles. The van der Waals surface area contributed by atoms with E-state index in [1.54, 1.807) is 10.6 Å². The van der Waals surface area contributed by atoms with Gasteiger partial charge in [-0.3, -0.25) is 14.2 Å². The van der Waals surface area contributed by atoms with E-state index in [0.717, 1.165) is 36.3 Å². The van der Waals surface area contributed by atoms with Crippen LogP contribution < -0.4 is 10.9 Å². The molecule has 1 fully saturated rings. The summed E-state index contributed by atoms with van der Waals surface area (Å²) in [7, 11) is 0. The van der Waals surface area contributed by atoms with Crippen molar-refractivity contribution >= 4 is 34.3 Å². The van der Waals surface area contributed by atoms with Crippen molar-refractivity contribution in [2.45, 2.75) is 70.2 Å². The third kappa shape index (κ3) is 5.36. The number of amides is 1. The standard InChI is InChI=1S/C27H33N3O3S/c1-17(2)20-11-7-12-21(18(3)4)25(20)29-24(31)16-34-27-28-23-13-6-5-10-22(23)26(32)30(27)15-19-9-8-14-33-19/h5-7,10-13,17-19H,8-9,14-16H2,1-4H3,(H,29,31). The van der Waals surface area contributed by atoms with Gasteiger partial charge in [0.25, 0.3) is 5.56 Å². The first-order valence-corrected chi connectivity index (χ1v) is 13.0. The normalized spacial score (nSPS) is 16.0. The minimum atomic E-state index is -0.105. The molecule has 1 aromatic heterocycles. The third-order valence-electron chi connectivity index (χ3n) is 6.21. The first kappa shape index (κ1) is 24.5. The lowest BCUT2D eigenvalue weighted by atomic mass is 9.92. The number of aromatic nitrogens is 2. The minimum absolute atomic E-state index is 0.000331. The maximum Gasteiger partial charge on any atom is 0.262 e. The van der Waals surface area contributed by atoms with Gasteiger partial charge in [-0.05, 0) is 47.9 Å². The average molecular weight is 480 g/mol. The van der Waals surface area contributed by atoms with Gasteiger partial charge >= 0.3 is 0 Å². The summed E-state index contributed by atoms with van der Waals surface area (Å²) in [5.74, 6) is 0.646. The molecule has 1 aliphatic heterocycles. The number of para-hydroxylation sites is 2. The Bertz CT molecular complexity index is 1200. The van der Waals surface area contributed by atoms with Gasteiger partial charge in [-0.2, -0.15) is 0 Å². The number of carbonyl (C=O) groups is 1. The molecule has 180 valence electrons. The van der Waals surface area contributed by atoms with Crippen LogP contribution in [0, 0.1) is 0 Å². The highest BCUT2D eigenvalue weighted by molar-refractivity contribution is 7.99. The van der Waals surface area contributed by atoms with Crippen molar-refractivity contribution in [1.29, 1.82) is 0 Å². The van der Waals surface area contributed by atoms with E-state index < -0.39 is 0 Å². The second-order valence-corrected chi connectivity index (χ2v) is 10.4. The summed E-state index contributed by atoms with van der Waals surface area (Å²) in [5.41, 5.74) is 3.72. The predicted octanol–water partition coefficient (Wildman–Crippen LogP) is 5.55. The van der Waals surface area contributed by atoms with E-state index in [0.29, 0.717) is 34.4 Å². The number of nitrogens with one attached hydrogen (secondary N) is 1. The molecule has 0 spiro atoms. The van der Waals surface area contributed by atoms with Crippen LogP contribution >= 0.6 is 11.8 Å². The lowest BCUT2D eigenvalue weighted by Gasteiger charge is -2.20. The Hall–Kier alpha value is -2.64. The van der Waals surface area contributed by atoms with Gasteiger partial charge < -0.3 is 10.1 Å². The van der Waals surface area contributed by atoms with E-state index in [1.165, 1.54) is 11.8 Å². The Morgan fingerprint density at radius 2 is 1.82 bits per heavy atom. The summed E-state index contributed by atoms with van der Waals surface area (Å²) >= 11 is 1.30. The van der Waals surface area contributed by atoms with Gasteiger partial charge in [-0.1, -0.05) is 69.8 Å². The number of fused-ring (bicyclic) bond motifs is 1. The zero-order valence-corrected chi connectivity index (χ0v) is 21.2. The predicted molar refractivity (Wildman–Crippen MR) is 139 cm³/mol. The molecule has 6 nitrogen and oxygen atoms in total. The molecule has 1 aliphatic rings. The Labute approximate surface area is 205 Å². The number of hydrogen-bond acceptors (Lipinski definition) is 5. The smallest absolute Gasteiger partial charge is 0.262 e. The molecule has 1 unspecified atom stereocenters. The summed E-state index contributed by atoms with van der Waals surface area (Å²) < 4.78 is 7.46. The Morgan fingerprint density at radius 3 is 2.47 bits per heavy atom. The fourth-order valence-corrected chi connectivity index (χ4v) is 5.22. The van der Waals surface area contributed by atoms with Crippen LogP contribution in [0.25, 0.3) is 10.9 Å². The van der Waals surface area contributed by atoms with Crippen molar-refractivity contribution in [2.24, 2.45) is 0 Å². The number of carbonyl (C=O) groups excluding carboxylic acids is 1. The molecule has 7 heteroatoms. The van der Waals surface area contributed by atoms with Gasteiger partial charge in [0, 0.05) is 12.3 Å². The third-order valence-corrected chi connectivity index (χ3v) is 7.18. The molecule has 1 amide bonds. The highest BCUT2D eigenvalue weighted by Crippen LogP contribution is 2.32. The molecule has 2 heterocycles. The fourth-order valence-electron chi connectivity index (χ4n) is 4.41. The Balaban J connectivity index is 1.59. The van der Waals surface area contributed by atoms with Crippen LogP contribution in [0.2, 0.25) is 0 Å². The lowest BCUT2D eigenvalue weighted by molar-refractivity contribution is -0.113. The van der Waals surface area contributed by atoms with Crippen LogP contribution in [0.3, 0.4) is 0 Å². The van der Waals surface area contributed by atoms with Gasteiger partial charge in [0.05, 0.1) is 29.3 Å². The zero-order valence-electron chi connectivity index (χ0n) is 20.3. The molecule has 2 aromatic carbocycles. The highest BCUT2D eigenvalue weighted by Gasteiger charge is 2.21. The van der Waals surface area contributed by atoms with Crippen LogP contribution in [-0.2, 0) is 16.1 Å². The number of anilines is 1. The molecule has 1 atom stereocenters. The van der Waals surface area contributed by atoms with E-state index >= 15 is 0 Å². The van der Waals surface area contributed by atoms with E-state index in [-0.39, 0.29) is 23.3 Å². The van der Waals surface area contributed by atoms with Crippen LogP contribution in [-0.4, -0.2) is 33.9 Å². The second kappa shape index (κ2) is 10.7. The Morgan fingerprint density at radius 1 is 1.12 bits per heavy atom. The summed E-state index contributed by atoms with van der Waals surface area (Å²) in [6, 6.07) is 13.6.